The molecule has 2 aliphatic rings. The van der Waals surface area contributed by atoms with Crippen molar-refractivity contribution in [3.63, 3.8) is 0 Å². The molecule has 2 aliphatic heterocycles. The first kappa shape index (κ1) is 15.0. The Balaban J connectivity index is 1.47. The van der Waals surface area contributed by atoms with E-state index in [1.807, 2.05) is 0 Å². The highest BCUT2D eigenvalue weighted by Crippen LogP contribution is 2.28. The normalized spacial score (nSPS) is 23.0. The van der Waals surface area contributed by atoms with Gasteiger partial charge in [-0.1, -0.05) is 29.8 Å². The van der Waals surface area contributed by atoms with Gasteiger partial charge in [0.2, 0.25) is 0 Å². The largest absolute Gasteiger partial charge is 0.396 e. The Bertz CT molecular complexity index is 460. The molecule has 0 bridgehead atoms. The van der Waals surface area contributed by atoms with Gasteiger partial charge in [-0.15, -0.1) is 0 Å². The summed E-state index contributed by atoms with van der Waals surface area (Å²) in [6, 6.07) is 8.78. The Morgan fingerprint density at radius 2 is 1.86 bits per heavy atom. The number of benzene rings is 1. The molecule has 2 saturated heterocycles. The monoisotopic (exact) mass is 290 g/mol. The van der Waals surface area contributed by atoms with Crippen molar-refractivity contribution in [2.75, 3.05) is 52.5 Å². The third-order valence-corrected chi connectivity index (χ3v) is 4.66. The molecule has 0 atom stereocenters. The molecule has 0 aromatic heterocycles. The molecule has 3 rings (SSSR count). The molecular weight excluding hydrogens is 264 g/mol. The van der Waals surface area contributed by atoms with Gasteiger partial charge in [0, 0.05) is 39.3 Å². The number of piperazine rings is 1. The number of hydrogen-bond donors (Lipinski definition) is 1. The third-order valence-electron chi connectivity index (χ3n) is 4.66. The van der Waals surface area contributed by atoms with Gasteiger partial charge >= 0.3 is 0 Å². The summed E-state index contributed by atoms with van der Waals surface area (Å²) in [6.07, 6.45) is 0. The summed E-state index contributed by atoms with van der Waals surface area (Å²) in [7, 11) is 0. The second-order valence-electron chi connectivity index (χ2n) is 6.69. The Morgan fingerprint density at radius 3 is 2.43 bits per heavy atom. The molecule has 116 valence electrons. The minimum absolute atomic E-state index is 0.0126. The molecule has 4 nitrogen and oxygen atoms in total. The fourth-order valence-electron chi connectivity index (χ4n) is 3.27. The predicted octanol–water partition coefficient (Wildman–Crippen LogP) is 1.12. The molecule has 0 aliphatic carbocycles. The molecule has 0 saturated carbocycles. The van der Waals surface area contributed by atoms with E-state index < -0.39 is 0 Å². The van der Waals surface area contributed by atoms with Crippen LogP contribution in [0.1, 0.15) is 11.1 Å². The van der Waals surface area contributed by atoms with Gasteiger partial charge in [0.15, 0.2) is 0 Å². The summed E-state index contributed by atoms with van der Waals surface area (Å²) in [6.45, 7) is 10.2. The predicted molar refractivity (Wildman–Crippen MR) is 83.2 cm³/mol. The van der Waals surface area contributed by atoms with Crippen LogP contribution >= 0.6 is 0 Å². The van der Waals surface area contributed by atoms with Gasteiger partial charge in [0.05, 0.1) is 25.2 Å². The van der Waals surface area contributed by atoms with E-state index in [1.54, 1.807) is 0 Å². The van der Waals surface area contributed by atoms with Crippen molar-refractivity contribution in [2.24, 2.45) is 5.41 Å². The summed E-state index contributed by atoms with van der Waals surface area (Å²) in [5.41, 5.74) is 2.75. The van der Waals surface area contributed by atoms with Crippen LogP contribution in [0.3, 0.4) is 0 Å². The Labute approximate surface area is 127 Å². The maximum absolute atomic E-state index is 9.52. The average Bonchev–Trinajstić information content (AvgIpc) is 2.45. The van der Waals surface area contributed by atoms with Gasteiger partial charge in [-0.05, 0) is 12.5 Å². The van der Waals surface area contributed by atoms with Crippen LogP contribution in [0.25, 0.3) is 0 Å². The summed E-state index contributed by atoms with van der Waals surface area (Å²) in [5.74, 6) is 0. The first-order valence-corrected chi connectivity index (χ1v) is 7.88. The number of hydrogen-bond acceptors (Lipinski definition) is 4. The SMILES string of the molecule is Cc1cccc(CN2CCN(CC3(CO)COC3)CC2)c1. The first-order valence-electron chi connectivity index (χ1n) is 7.88. The van der Waals surface area contributed by atoms with Gasteiger partial charge < -0.3 is 9.84 Å². The number of aliphatic hydroxyl groups excluding tert-OH is 1. The van der Waals surface area contributed by atoms with Crippen molar-refractivity contribution < 1.29 is 9.84 Å². The maximum Gasteiger partial charge on any atom is 0.0579 e. The van der Waals surface area contributed by atoms with Crippen LogP contribution in [0.2, 0.25) is 0 Å². The molecule has 0 amide bonds. The second kappa shape index (κ2) is 6.44. The highest BCUT2D eigenvalue weighted by atomic mass is 16.5. The molecule has 0 spiro atoms. The minimum atomic E-state index is 0.0126. The highest BCUT2D eigenvalue weighted by molar-refractivity contribution is 5.22. The highest BCUT2D eigenvalue weighted by Gasteiger charge is 2.40. The van der Waals surface area contributed by atoms with E-state index in [0.29, 0.717) is 13.2 Å². The van der Waals surface area contributed by atoms with Gasteiger partial charge in [0.25, 0.3) is 0 Å². The minimum Gasteiger partial charge on any atom is -0.396 e. The summed E-state index contributed by atoms with van der Waals surface area (Å²) in [4.78, 5) is 5.00. The van der Waals surface area contributed by atoms with Crippen molar-refractivity contribution in [3.05, 3.63) is 35.4 Å². The fraction of sp³-hybridized carbons (Fsp3) is 0.647. The molecule has 2 heterocycles. The van der Waals surface area contributed by atoms with Gasteiger partial charge in [-0.3, -0.25) is 9.80 Å². The van der Waals surface area contributed by atoms with E-state index in [9.17, 15) is 5.11 Å². The van der Waals surface area contributed by atoms with E-state index in [-0.39, 0.29) is 12.0 Å². The lowest BCUT2D eigenvalue weighted by atomic mass is 9.86. The van der Waals surface area contributed by atoms with Crippen molar-refractivity contribution in [3.8, 4) is 0 Å². The van der Waals surface area contributed by atoms with Crippen LogP contribution in [0.5, 0.6) is 0 Å². The van der Waals surface area contributed by atoms with Crippen molar-refractivity contribution >= 4 is 0 Å². The summed E-state index contributed by atoms with van der Waals surface area (Å²) >= 11 is 0. The summed E-state index contributed by atoms with van der Waals surface area (Å²) in [5, 5.41) is 9.52. The zero-order valence-corrected chi connectivity index (χ0v) is 12.9. The van der Waals surface area contributed by atoms with Crippen LogP contribution in [0.15, 0.2) is 24.3 Å². The fourth-order valence-corrected chi connectivity index (χ4v) is 3.27. The van der Waals surface area contributed by atoms with Crippen LogP contribution in [-0.4, -0.2) is 67.5 Å². The second-order valence-corrected chi connectivity index (χ2v) is 6.69. The Morgan fingerprint density at radius 1 is 1.14 bits per heavy atom. The molecule has 0 unspecified atom stereocenters. The van der Waals surface area contributed by atoms with E-state index in [1.165, 1.54) is 11.1 Å². The van der Waals surface area contributed by atoms with Crippen molar-refractivity contribution in [1.82, 2.24) is 9.80 Å². The molecule has 1 aromatic carbocycles. The van der Waals surface area contributed by atoms with Gasteiger partial charge in [0.1, 0.15) is 0 Å². The van der Waals surface area contributed by atoms with Crippen molar-refractivity contribution in [2.45, 2.75) is 13.5 Å². The lowest BCUT2D eigenvalue weighted by Crippen LogP contribution is -2.56. The number of nitrogens with zero attached hydrogens (tertiary/aromatic N) is 2. The van der Waals surface area contributed by atoms with Crippen LogP contribution in [0, 0.1) is 12.3 Å². The van der Waals surface area contributed by atoms with Crippen molar-refractivity contribution in [1.29, 1.82) is 0 Å². The summed E-state index contributed by atoms with van der Waals surface area (Å²) < 4.78 is 5.28. The van der Waals surface area contributed by atoms with E-state index in [0.717, 1.165) is 39.3 Å². The number of rotatable bonds is 5. The molecule has 0 radical (unpaired) electrons. The van der Waals surface area contributed by atoms with E-state index in [4.69, 9.17) is 4.74 Å². The molecule has 1 N–H and O–H groups in total. The zero-order valence-electron chi connectivity index (χ0n) is 12.9. The van der Waals surface area contributed by atoms with E-state index in [2.05, 4.69) is 41.0 Å². The molecular formula is C17H26N2O2. The first-order chi connectivity index (χ1) is 10.2. The molecule has 21 heavy (non-hydrogen) atoms. The lowest BCUT2D eigenvalue weighted by Gasteiger charge is -2.45. The number of aliphatic hydroxyl groups is 1. The molecule has 2 fully saturated rings. The smallest absolute Gasteiger partial charge is 0.0579 e. The van der Waals surface area contributed by atoms with Crippen LogP contribution in [0.4, 0.5) is 0 Å². The van der Waals surface area contributed by atoms with Gasteiger partial charge in [-0.2, -0.15) is 0 Å². The zero-order chi connectivity index (χ0) is 14.7. The average molecular weight is 290 g/mol. The Hall–Kier alpha value is -0.940. The Kier molecular flexibility index (Phi) is 4.60. The van der Waals surface area contributed by atoms with Gasteiger partial charge in [-0.25, -0.2) is 0 Å². The molecule has 4 heteroatoms. The number of aryl methyl sites for hydroxylation is 1. The third kappa shape index (κ3) is 3.64. The van der Waals surface area contributed by atoms with E-state index >= 15 is 0 Å². The van der Waals surface area contributed by atoms with Crippen LogP contribution < -0.4 is 0 Å². The topological polar surface area (TPSA) is 35.9 Å². The number of ether oxygens (including phenoxy) is 1. The van der Waals surface area contributed by atoms with Crippen LogP contribution in [-0.2, 0) is 11.3 Å². The lowest BCUT2D eigenvalue weighted by molar-refractivity contribution is -0.150. The quantitative estimate of drug-likeness (QED) is 0.881. The standard InChI is InChI=1S/C17H26N2O2/c1-15-3-2-4-16(9-15)10-18-5-7-19(8-6-18)11-17(12-20)13-21-14-17/h2-4,9,20H,5-8,10-14H2,1H3. The maximum atomic E-state index is 9.52. The molecule has 1 aromatic rings.